The van der Waals surface area contributed by atoms with Crippen LogP contribution in [0.3, 0.4) is 0 Å². The molecule has 1 saturated carbocycles. The van der Waals surface area contributed by atoms with Gasteiger partial charge >= 0.3 is 0 Å². The van der Waals surface area contributed by atoms with Crippen LogP contribution in [0.25, 0.3) is 0 Å². The topological polar surface area (TPSA) is 56.3 Å². The van der Waals surface area contributed by atoms with Crippen LogP contribution in [0.2, 0.25) is 0 Å². The van der Waals surface area contributed by atoms with Gasteiger partial charge in [0.2, 0.25) is 0 Å². The molecule has 4 rings (SSSR count). The Morgan fingerprint density at radius 1 is 1.12 bits per heavy atom. The molecule has 1 heterocycles. The van der Waals surface area contributed by atoms with Crippen LogP contribution in [0.1, 0.15) is 74.3 Å². The van der Waals surface area contributed by atoms with E-state index < -0.39 is 5.97 Å². The number of carbonyl (C=O) groups excluding carboxylic acids is 1. The molecule has 0 aliphatic heterocycles. The van der Waals surface area contributed by atoms with Crippen LogP contribution in [-0.2, 0) is 10.8 Å². The van der Waals surface area contributed by atoms with Gasteiger partial charge in [-0.2, -0.15) is 0 Å². The smallest absolute Gasteiger partial charge is 0.190 e. The van der Waals surface area contributed by atoms with Crippen molar-refractivity contribution in [3.8, 4) is 0 Å². The van der Waals surface area contributed by atoms with Crippen molar-refractivity contribution in [2.75, 3.05) is 4.90 Å². The number of aromatic nitrogens is 1. The van der Waals surface area contributed by atoms with Crippen molar-refractivity contribution < 1.29 is 9.90 Å². The van der Waals surface area contributed by atoms with E-state index in [1.165, 1.54) is 17.0 Å². The molecule has 2 aromatic rings. The summed E-state index contributed by atoms with van der Waals surface area (Å²) in [7, 11) is 0. The number of hydrogen-bond donors (Lipinski definition) is 0. The molecule has 0 spiro atoms. The van der Waals surface area contributed by atoms with Crippen molar-refractivity contribution in [2.45, 2.75) is 70.3 Å². The molecule has 0 bridgehead atoms. The van der Waals surface area contributed by atoms with Crippen LogP contribution in [0, 0.1) is 0 Å². The zero-order valence-electron chi connectivity index (χ0n) is 15.8. The quantitative estimate of drug-likeness (QED) is 0.812. The molecule has 0 unspecified atom stereocenters. The lowest BCUT2D eigenvalue weighted by molar-refractivity contribution is -0.255. The van der Waals surface area contributed by atoms with Gasteiger partial charge in [0, 0.05) is 27.4 Å². The van der Waals surface area contributed by atoms with Gasteiger partial charge in [-0.05, 0) is 43.4 Å². The maximum Gasteiger partial charge on any atom is 0.190 e. The molecule has 0 radical (unpaired) electrons. The highest BCUT2D eigenvalue weighted by Crippen LogP contribution is 2.51. The predicted octanol–water partition coefficient (Wildman–Crippen LogP) is 4.16. The second-order valence-corrected chi connectivity index (χ2v) is 9.85. The number of carbonyl (C=O) groups is 1. The van der Waals surface area contributed by atoms with Crippen molar-refractivity contribution in [1.82, 2.24) is 4.98 Å². The Labute approximate surface area is 158 Å². The fourth-order valence-electron chi connectivity index (χ4n) is 3.75. The number of hydrogen-bond acceptors (Lipinski definition) is 5. The van der Waals surface area contributed by atoms with Crippen LogP contribution in [-0.4, -0.2) is 17.0 Å². The molecule has 2 aliphatic carbocycles. The standard InChI is InChI=1S/C21H26N2O2S/c1-20(2)11-12-21(3,4)17-16(20)22-19(26-17)23(15-9-10-15)14-7-5-13(6-8-14)18(24)25/h5-8,15H,9-12H2,1-4H3,(H,24,25)/p-1. The normalized spacial score (nSPS) is 20.5. The second kappa shape index (κ2) is 5.81. The maximum atomic E-state index is 11.0. The molecular formula is C21H25N2O2S-. The second-order valence-electron chi connectivity index (χ2n) is 8.88. The summed E-state index contributed by atoms with van der Waals surface area (Å²) in [5, 5.41) is 12.1. The van der Waals surface area contributed by atoms with Gasteiger partial charge in [-0.3, -0.25) is 0 Å². The average molecular weight is 370 g/mol. The third kappa shape index (κ3) is 2.92. The Morgan fingerprint density at radius 3 is 2.27 bits per heavy atom. The number of aromatic carboxylic acids is 1. The monoisotopic (exact) mass is 369 g/mol. The van der Waals surface area contributed by atoms with Crippen molar-refractivity contribution in [1.29, 1.82) is 0 Å². The lowest BCUT2D eigenvalue weighted by Crippen LogP contribution is -2.32. The number of anilines is 2. The number of nitrogens with zero attached hydrogens (tertiary/aromatic N) is 2. The zero-order valence-corrected chi connectivity index (χ0v) is 16.7. The molecule has 26 heavy (non-hydrogen) atoms. The van der Waals surface area contributed by atoms with Crippen molar-refractivity contribution in [3.05, 3.63) is 40.4 Å². The highest BCUT2D eigenvalue weighted by atomic mass is 32.1. The summed E-state index contributed by atoms with van der Waals surface area (Å²) < 4.78 is 0. The number of rotatable bonds is 4. The summed E-state index contributed by atoms with van der Waals surface area (Å²) in [5.41, 5.74) is 2.73. The molecule has 2 aliphatic rings. The summed E-state index contributed by atoms with van der Waals surface area (Å²) in [6.07, 6.45) is 4.64. The first-order valence-corrected chi connectivity index (χ1v) is 10.1. The van der Waals surface area contributed by atoms with E-state index >= 15 is 0 Å². The van der Waals surface area contributed by atoms with Gasteiger partial charge in [-0.15, -0.1) is 11.3 Å². The number of benzene rings is 1. The van der Waals surface area contributed by atoms with Gasteiger partial charge in [0.1, 0.15) is 0 Å². The molecule has 0 atom stereocenters. The van der Waals surface area contributed by atoms with E-state index in [9.17, 15) is 9.90 Å². The number of carboxylic acids is 1. The average Bonchev–Trinajstić information content (AvgIpc) is 3.29. The minimum absolute atomic E-state index is 0.105. The number of carboxylic acid groups (broad SMARTS) is 1. The highest BCUT2D eigenvalue weighted by molar-refractivity contribution is 7.16. The van der Waals surface area contributed by atoms with E-state index in [1.54, 1.807) is 12.1 Å². The molecule has 4 nitrogen and oxygen atoms in total. The zero-order chi connectivity index (χ0) is 18.7. The van der Waals surface area contributed by atoms with E-state index in [-0.39, 0.29) is 16.4 Å². The highest BCUT2D eigenvalue weighted by Gasteiger charge is 2.42. The molecule has 0 N–H and O–H groups in total. The van der Waals surface area contributed by atoms with Gasteiger partial charge in [-0.1, -0.05) is 39.8 Å². The van der Waals surface area contributed by atoms with Crippen LogP contribution in [0.4, 0.5) is 10.8 Å². The minimum atomic E-state index is -1.14. The lowest BCUT2D eigenvalue weighted by atomic mass is 9.69. The Hall–Kier alpha value is -1.88. The summed E-state index contributed by atoms with van der Waals surface area (Å²) in [4.78, 5) is 19.9. The van der Waals surface area contributed by atoms with Gasteiger partial charge in [0.05, 0.1) is 11.7 Å². The first-order valence-electron chi connectivity index (χ1n) is 9.31. The van der Waals surface area contributed by atoms with Crippen LogP contribution >= 0.6 is 11.3 Å². The van der Waals surface area contributed by atoms with Crippen molar-refractivity contribution in [2.24, 2.45) is 0 Å². The van der Waals surface area contributed by atoms with E-state index in [1.807, 2.05) is 23.5 Å². The number of fused-ring (bicyclic) bond motifs is 1. The van der Waals surface area contributed by atoms with Crippen molar-refractivity contribution in [3.63, 3.8) is 0 Å². The Morgan fingerprint density at radius 2 is 1.73 bits per heavy atom. The van der Waals surface area contributed by atoms with Crippen molar-refractivity contribution >= 4 is 28.1 Å². The van der Waals surface area contributed by atoms with Crippen LogP contribution < -0.4 is 10.0 Å². The molecule has 138 valence electrons. The maximum absolute atomic E-state index is 11.0. The number of thiazole rings is 1. The molecule has 0 saturated heterocycles. The summed E-state index contributed by atoms with van der Waals surface area (Å²) in [5.74, 6) is -1.14. The SMILES string of the molecule is CC1(C)CCC(C)(C)c2sc(N(c3ccc(C(=O)[O-])cc3)C3CC3)nc21. The largest absolute Gasteiger partial charge is 0.545 e. The van der Waals surface area contributed by atoms with E-state index in [0.717, 1.165) is 30.1 Å². The third-order valence-corrected chi connectivity index (χ3v) is 7.17. The first kappa shape index (κ1) is 17.5. The molecule has 1 aromatic carbocycles. The first-order chi connectivity index (χ1) is 12.2. The van der Waals surface area contributed by atoms with Crippen LogP contribution in [0.15, 0.2) is 24.3 Å². The molecule has 5 heteroatoms. The third-order valence-electron chi connectivity index (χ3n) is 5.75. The van der Waals surface area contributed by atoms with E-state index in [0.29, 0.717) is 6.04 Å². The Balaban J connectivity index is 1.77. The van der Waals surface area contributed by atoms with Gasteiger partial charge in [0.15, 0.2) is 5.13 Å². The van der Waals surface area contributed by atoms with Gasteiger partial charge in [-0.25, -0.2) is 4.98 Å². The van der Waals surface area contributed by atoms with Gasteiger partial charge < -0.3 is 14.8 Å². The summed E-state index contributed by atoms with van der Waals surface area (Å²) in [6.45, 7) is 9.22. The Kier molecular flexibility index (Phi) is 3.92. The Bertz CT molecular complexity index is 814. The molecule has 1 aromatic heterocycles. The van der Waals surface area contributed by atoms with Gasteiger partial charge in [0.25, 0.3) is 0 Å². The van der Waals surface area contributed by atoms with E-state index in [4.69, 9.17) is 4.98 Å². The molecule has 1 fully saturated rings. The van der Waals surface area contributed by atoms with Crippen LogP contribution in [0.5, 0.6) is 0 Å². The summed E-state index contributed by atoms with van der Waals surface area (Å²) >= 11 is 1.81. The molecular weight excluding hydrogens is 344 g/mol. The fourth-order valence-corrected chi connectivity index (χ4v) is 5.22. The lowest BCUT2D eigenvalue weighted by Gasteiger charge is -2.37. The van der Waals surface area contributed by atoms with E-state index in [2.05, 4.69) is 32.6 Å². The molecule has 0 amide bonds. The predicted molar refractivity (Wildman–Crippen MR) is 103 cm³/mol. The summed E-state index contributed by atoms with van der Waals surface area (Å²) in [6, 6.07) is 7.46. The minimum Gasteiger partial charge on any atom is -0.545 e. The fraction of sp³-hybridized carbons (Fsp3) is 0.524.